The van der Waals surface area contributed by atoms with Gasteiger partial charge in [0.1, 0.15) is 5.82 Å². The Balaban J connectivity index is 0.000000213. The number of nitrogens with zero attached hydrogens (tertiary/aromatic N) is 4. The molecule has 0 bridgehead atoms. The summed E-state index contributed by atoms with van der Waals surface area (Å²) in [6.07, 6.45) is 10.5. The summed E-state index contributed by atoms with van der Waals surface area (Å²) in [6.45, 7) is 0. The number of fused-ring (bicyclic) bond motifs is 3. The maximum Gasteiger partial charge on any atom is 3.00 e. The van der Waals surface area contributed by atoms with Crippen LogP contribution in [0.25, 0.3) is 50.1 Å². The molecule has 0 aliphatic rings. The molecule has 4 nitrogen and oxygen atoms in total. The fourth-order valence-corrected chi connectivity index (χ4v) is 7.95. The minimum atomic E-state index is 0. The molecule has 0 aliphatic carbocycles. The maximum absolute atomic E-state index is 4.57. The van der Waals surface area contributed by atoms with Crippen molar-refractivity contribution in [2.45, 2.75) is 32.1 Å². The zero-order valence-electron chi connectivity index (χ0n) is 33.7. The fraction of sp³-hybridized carbons (Fsp3) is 0.0893. The van der Waals surface area contributed by atoms with Gasteiger partial charge in [-0.2, -0.15) is 24.3 Å². The second kappa shape index (κ2) is 20.0. The molecule has 0 aliphatic heterocycles. The smallest absolute Gasteiger partial charge is 0.319 e. The number of aryl methyl sites for hydroxylation is 4. The second-order valence-corrected chi connectivity index (χ2v) is 14.8. The molecule has 0 spiro atoms. The van der Waals surface area contributed by atoms with Crippen molar-refractivity contribution in [2.24, 2.45) is 0 Å². The van der Waals surface area contributed by atoms with Gasteiger partial charge in [-0.3, -0.25) is 0 Å². The van der Waals surface area contributed by atoms with Crippen molar-refractivity contribution < 1.29 is 20.1 Å². The van der Waals surface area contributed by atoms with Gasteiger partial charge < -0.3 is 14.5 Å². The van der Waals surface area contributed by atoms with Crippen LogP contribution < -0.4 is 0 Å². The van der Waals surface area contributed by atoms with E-state index in [0.29, 0.717) is 0 Å². The van der Waals surface area contributed by atoms with Crippen LogP contribution in [0.5, 0.6) is 0 Å². The first-order chi connectivity index (χ1) is 29.8. The Labute approximate surface area is 372 Å². The minimum absolute atomic E-state index is 0. The molecular weight excluding hydrogens is 921 g/mol. The van der Waals surface area contributed by atoms with Crippen molar-refractivity contribution in [3.63, 3.8) is 0 Å². The number of pyridine rings is 3. The van der Waals surface area contributed by atoms with Crippen molar-refractivity contribution in [1.82, 2.24) is 19.5 Å². The average molecular weight is 964 g/mol. The van der Waals surface area contributed by atoms with Gasteiger partial charge in [0.25, 0.3) is 0 Å². The number of para-hydroxylation sites is 2. The summed E-state index contributed by atoms with van der Waals surface area (Å²) in [7, 11) is 0. The van der Waals surface area contributed by atoms with Crippen LogP contribution in [0.2, 0.25) is 0 Å². The van der Waals surface area contributed by atoms with Gasteiger partial charge in [-0.15, -0.1) is 76.7 Å². The normalized spacial score (nSPS) is 10.8. The molecule has 10 rings (SSSR count). The molecule has 296 valence electrons. The van der Waals surface area contributed by atoms with Gasteiger partial charge in [0, 0.05) is 24.1 Å². The van der Waals surface area contributed by atoms with E-state index in [1.54, 1.807) is 0 Å². The van der Waals surface area contributed by atoms with Crippen molar-refractivity contribution in [3.8, 4) is 28.3 Å². The zero-order valence-corrected chi connectivity index (χ0v) is 36.1. The van der Waals surface area contributed by atoms with Gasteiger partial charge in [0.2, 0.25) is 0 Å². The number of benzene rings is 6. The van der Waals surface area contributed by atoms with E-state index in [9.17, 15) is 0 Å². The van der Waals surface area contributed by atoms with Crippen LogP contribution in [0.3, 0.4) is 0 Å². The third-order valence-electron chi connectivity index (χ3n) is 11.0. The largest absolute Gasteiger partial charge is 3.00 e. The average Bonchev–Trinajstić information content (AvgIpc) is 3.67. The maximum atomic E-state index is 4.57. The van der Waals surface area contributed by atoms with E-state index in [1.807, 2.05) is 91.4 Å². The molecule has 6 aromatic carbocycles. The first-order valence-electron chi connectivity index (χ1n) is 20.6. The molecule has 0 saturated heterocycles. The van der Waals surface area contributed by atoms with Crippen molar-refractivity contribution in [1.29, 1.82) is 0 Å². The van der Waals surface area contributed by atoms with E-state index in [2.05, 4.69) is 147 Å². The summed E-state index contributed by atoms with van der Waals surface area (Å²) >= 11 is 0. The van der Waals surface area contributed by atoms with E-state index in [0.717, 1.165) is 66.0 Å². The molecule has 0 radical (unpaired) electrons. The van der Waals surface area contributed by atoms with E-state index in [-0.39, 0.29) is 20.1 Å². The van der Waals surface area contributed by atoms with Gasteiger partial charge in [-0.05, 0) is 101 Å². The predicted molar refractivity (Wildman–Crippen MR) is 245 cm³/mol. The molecule has 0 N–H and O–H groups in total. The fourth-order valence-electron chi connectivity index (χ4n) is 7.95. The standard InChI is InChI=1S/C39H32N2.C17H11N2.Ir/c1-2-14-34(15-3-1)39-28-31(24-26-41-39)21-23-33-13-5-7-17-36(33)29-35-16-6-4-12-32(35)22-20-30-11-10-18-37(27-30)38-19-8-9-25-40-38;1-3-9-15-13(7-1)14-8-2-4-10-16(14)19(15)17-11-5-6-12-18-17;/h1-14,16-17,19,24-28H,20-23,29H2;1-9,11-12H;/q-2;-1;+3. The number of hydrogen-bond acceptors (Lipinski definition) is 3. The molecule has 0 atom stereocenters. The molecule has 5 heteroatoms. The van der Waals surface area contributed by atoms with Crippen molar-refractivity contribution in [2.75, 3.05) is 0 Å². The summed E-state index contributed by atoms with van der Waals surface area (Å²) in [6, 6.07) is 73.0. The summed E-state index contributed by atoms with van der Waals surface area (Å²) in [5.41, 5.74) is 14.5. The Morgan fingerprint density at radius 2 is 1.03 bits per heavy atom. The van der Waals surface area contributed by atoms with Crippen LogP contribution in [0.4, 0.5) is 0 Å². The van der Waals surface area contributed by atoms with Gasteiger partial charge in [-0.25, -0.2) is 4.98 Å². The van der Waals surface area contributed by atoms with Crippen LogP contribution in [0.15, 0.2) is 201 Å². The van der Waals surface area contributed by atoms with Crippen molar-refractivity contribution in [3.05, 3.63) is 252 Å². The summed E-state index contributed by atoms with van der Waals surface area (Å²) in [4.78, 5) is 13.5. The van der Waals surface area contributed by atoms with Gasteiger partial charge in [0.05, 0.1) is 0 Å². The third-order valence-corrected chi connectivity index (χ3v) is 11.0. The number of aromatic nitrogens is 4. The van der Waals surface area contributed by atoms with E-state index in [4.69, 9.17) is 0 Å². The molecule has 61 heavy (non-hydrogen) atoms. The molecule has 0 amide bonds. The van der Waals surface area contributed by atoms with Gasteiger partial charge in [0.15, 0.2) is 0 Å². The molecule has 4 heterocycles. The van der Waals surface area contributed by atoms with Gasteiger partial charge >= 0.3 is 20.1 Å². The van der Waals surface area contributed by atoms with E-state index >= 15 is 0 Å². The van der Waals surface area contributed by atoms with Gasteiger partial charge in [-0.1, -0.05) is 102 Å². The molecular formula is C56H43IrN4. The summed E-state index contributed by atoms with van der Waals surface area (Å²) in [5.74, 6) is 0.927. The topological polar surface area (TPSA) is 43.6 Å². The summed E-state index contributed by atoms with van der Waals surface area (Å²) < 4.78 is 2.16. The van der Waals surface area contributed by atoms with Crippen LogP contribution >= 0.6 is 0 Å². The molecule has 0 unspecified atom stereocenters. The van der Waals surface area contributed by atoms with Crippen LogP contribution in [0, 0.1) is 18.2 Å². The first-order valence-corrected chi connectivity index (χ1v) is 20.6. The predicted octanol–water partition coefficient (Wildman–Crippen LogP) is 12.5. The quantitative estimate of drug-likeness (QED) is 0.121. The third kappa shape index (κ3) is 9.82. The molecule has 10 aromatic rings. The molecule has 4 aromatic heterocycles. The second-order valence-electron chi connectivity index (χ2n) is 14.8. The van der Waals surface area contributed by atoms with E-state index < -0.39 is 0 Å². The Hall–Kier alpha value is -6.78. The monoisotopic (exact) mass is 964 g/mol. The SMILES string of the molecule is [Ir+3].[c-]1cccc2c3ccccc3n(-c3ccccn3)c12.[c-]1ccccc1-c1cc(CCc2ccccc2Cc2ccccc2CCc2cc[c-]c(-c3ccccn3)c2)ccn1. The van der Waals surface area contributed by atoms with Crippen LogP contribution in [-0.4, -0.2) is 19.5 Å². The number of rotatable bonds is 11. The number of hydrogen-bond donors (Lipinski definition) is 0. The zero-order chi connectivity index (χ0) is 40.4. The Bertz CT molecular complexity index is 2780. The molecule has 0 fully saturated rings. The Kier molecular flexibility index (Phi) is 13.4. The minimum Gasteiger partial charge on any atom is -0.319 e. The van der Waals surface area contributed by atoms with E-state index in [1.165, 1.54) is 49.7 Å². The van der Waals surface area contributed by atoms with Crippen LogP contribution in [0.1, 0.15) is 33.4 Å². The van der Waals surface area contributed by atoms with Crippen LogP contribution in [-0.2, 0) is 52.2 Å². The molecule has 0 saturated carbocycles. The first kappa shape index (κ1) is 41.0. The van der Waals surface area contributed by atoms with Crippen molar-refractivity contribution >= 4 is 21.8 Å². The Morgan fingerprint density at radius 3 is 1.75 bits per heavy atom. The Morgan fingerprint density at radius 1 is 0.410 bits per heavy atom. The summed E-state index contributed by atoms with van der Waals surface area (Å²) in [5, 5.41) is 2.45.